The summed E-state index contributed by atoms with van der Waals surface area (Å²) >= 11 is 0. The molecule has 0 aliphatic carbocycles. The van der Waals surface area contributed by atoms with Gasteiger partial charge in [-0.25, -0.2) is 13.2 Å². The average Bonchev–Trinajstić information content (AvgIpc) is 3.16. The van der Waals surface area contributed by atoms with E-state index in [-0.39, 0.29) is 58.1 Å². The molecule has 4 N–H and O–H groups in total. The van der Waals surface area contributed by atoms with Crippen LogP contribution in [0, 0.1) is 5.41 Å². The summed E-state index contributed by atoms with van der Waals surface area (Å²) in [5, 5.41) is 23.3. The Hall–Kier alpha value is -4.98. The number of nitrogens with one attached hydrogen (secondary N) is 2. The van der Waals surface area contributed by atoms with Crippen molar-refractivity contribution in [3.05, 3.63) is 65.7 Å². The molecule has 0 aliphatic heterocycles. The Morgan fingerprint density at radius 2 is 1.35 bits per heavy atom. The van der Waals surface area contributed by atoms with Crippen LogP contribution in [0.25, 0.3) is 0 Å². The van der Waals surface area contributed by atoms with E-state index in [4.69, 9.17) is 18.9 Å². The van der Waals surface area contributed by atoms with Crippen molar-refractivity contribution in [2.75, 3.05) is 22.9 Å². The zero-order valence-electron chi connectivity index (χ0n) is 38.4. The summed E-state index contributed by atoms with van der Waals surface area (Å²) in [5.74, 6) is -1.71. The zero-order chi connectivity index (χ0) is 46.3. The molecule has 1 amide bonds. The molecule has 0 bridgehead atoms. The lowest BCUT2D eigenvalue weighted by Crippen LogP contribution is -2.45. The maximum atomic E-state index is 13.9. The fraction of sp³-hybridized carbons (Fsp3) is 0.562. The van der Waals surface area contributed by atoms with Crippen molar-refractivity contribution in [1.29, 1.82) is 0 Å². The Bertz CT molecular complexity index is 2050. The van der Waals surface area contributed by atoms with E-state index >= 15 is 0 Å². The molecule has 13 nitrogen and oxygen atoms in total. The van der Waals surface area contributed by atoms with Gasteiger partial charge in [-0.05, 0) is 80.6 Å². The number of hydrogen-bond donors (Lipinski definition) is 4. The lowest BCUT2D eigenvalue weighted by molar-refractivity contribution is -0.140. The van der Waals surface area contributed by atoms with Crippen molar-refractivity contribution in [2.24, 2.45) is 5.41 Å². The van der Waals surface area contributed by atoms with E-state index < -0.39 is 45.3 Å². The summed E-state index contributed by atoms with van der Waals surface area (Å²) < 4.78 is 50.6. The first-order chi connectivity index (χ1) is 29.0. The van der Waals surface area contributed by atoms with E-state index in [1.165, 1.54) is 75.3 Å². The molecule has 0 saturated heterocycles. The van der Waals surface area contributed by atoms with Gasteiger partial charge in [-0.15, -0.1) is 0 Å². The third-order valence-corrected chi connectivity index (χ3v) is 10.5. The van der Waals surface area contributed by atoms with E-state index in [0.717, 1.165) is 37.1 Å². The number of phenolic OH excluding ortho intramolecular Hbond substituents is 2. The van der Waals surface area contributed by atoms with Gasteiger partial charge in [0.1, 0.15) is 41.5 Å². The molecule has 62 heavy (non-hydrogen) atoms. The number of sulfonamides is 1. The van der Waals surface area contributed by atoms with E-state index in [1.807, 2.05) is 26.8 Å². The highest BCUT2D eigenvalue weighted by molar-refractivity contribution is 7.92. The van der Waals surface area contributed by atoms with Crippen molar-refractivity contribution in [1.82, 2.24) is 0 Å². The first kappa shape index (κ1) is 51.4. The van der Waals surface area contributed by atoms with Gasteiger partial charge in [0.2, 0.25) is 16.1 Å². The Labute approximate surface area is 369 Å². The fourth-order valence-electron chi connectivity index (χ4n) is 6.62. The smallest absolute Gasteiger partial charge is 0.338 e. The zero-order valence-corrected chi connectivity index (χ0v) is 39.2. The van der Waals surface area contributed by atoms with Crippen molar-refractivity contribution >= 4 is 39.1 Å². The summed E-state index contributed by atoms with van der Waals surface area (Å²) in [7, 11) is -3.84. The number of carbonyl (C=O) groups is 3. The maximum absolute atomic E-state index is 13.9. The number of ether oxygens (including phenoxy) is 4. The van der Waals surface area contributed by atoms with Crippen LogP contribution in [0.5, 0.6) is 28.7 Å². The molecule has 0 saturated carbocycles. The summed E-state index contributed by atoms with van der Waals surface area (Å²) in [4.78, 5) is 41.2. The largest absolute Gasteiger partial charge is 0.508 e. The molecule has 0 aromatic heterocycles. The number of ketones is 1. The Balaban J connectivity index is 1.82. The van der Waals surface area contributed by atoms with Crippen molar-refractivity contribution in [3.8, 4) is 28.7 Å². The second-order valence-electron chi connectivity index (χ2n) is 18.3. The van der Waals surface area contributed by atoms with E-state index in [0.29, 0.717) is 12.2 Å². The van der Waals surface area contributed by atoms with Crippen molar-refractivity contribution in [3.63, 3.8) is 0 Å². The minimum Gasteiger partial charge on any atom is -0.508 e. The molecule has 3 aromatic rings. The molecule has 0 spiro atoms. The molecule has 3 aromatic carbocycles. The number of anilines is 2. The molecule has 0 aliphatic rings. The van der Waals surface area contributed by atoms with Crippen LogP contribution in [0.3, 0.4) is 0 Å². The van der Waals surface area contributed by atoms with Gasteiger partial charge in [-0.1, -0.05) is 106 Å². The second kappa shape index (κ2) is 23.5. The Morgan fingerprint density at radius 3 is 1.94 bits per heavy atom. The van der Waals surface area contributed by atoms with Gasteiger partial charge in [0.05, 0.1) is 29.3 Å². The van der Waals surface area contributed by atoms with E-state index in [1.54, 1.807) is 46.8 Å². The lowest BCUT2D eigenvalue weighted by atomic mass is 9.86. The maximum Gasteiger partial charge on any atom is 0.338 e. The third kappa shape index (κ3) is 17.4. The monoisotopic (exact) mass is 882 g/mol. The summed E-state index contributed by atoms with van der Waals surface area (Å²) in [5.41, 5.74) is -0.542. The molecule has 0 radical (unpaired) electrons. The Kier molecular flexibility index (Phi) is 19.4. The fourth-order valence-corrected chi connectivity index (χ4v) is 7.18. The average molecular weight is 883 g/mol. The van der Waals surface area contributed by atoms with Crippen molar-refractivity contribution in [2.45, 2.75) is 157 Å². The van der Waals surface area contributed by atoms with Crippen LogP contribution in [-0.4, -0.2) is 67.5 Å². The number of esters is 1. The van der Waals surface area contributed by atoms with Crippen LogP contribution in [0.4, 0.5) is 11.4 Å². The van der Waals surface area contributed by atoms with E-state index in [9.17, 15) is 33.0 Å². The Morgan fingerprint density at radius 1 is 0.726 bits per heavy atom. The van der Waals surface area contributed by atoms with Gasteiger partial charge < -0.3 is 34.5 Å². The first-order valence-corrected chi connectivity index (χ1v) is 23.7. The van der Waals surface area contributed by atoms with Crippen LogP contribution in [0.1, 0.15) is 149 Å². The topological polar surface area (TPSA) is 187 Å². The van der Waals surface area contributed by atoms with Gasteiger partial charge in [0, 0.05) is 17.0 Å². The molecule has 344 valence electrons. The highest BCUT2D eigenvalue weighted by atomic mass is 32.2. The molecule has 2 unspecified atom stereocenters. The summed E-state index contributed by atoms with van der Waals surface area (Å²) in [6.45, 7) is 16.6. The first-order valence-electron chi connectivity index (χ1n) is 21.8. The number of aromatic hydroxyl groups is 2. The number of benzene rings is 3. The van der Waals surface area contributed by atoms with Crippen LogP contribution >= 0.6 is 0 Å². The molecular weight excluding hydrogens is 813 g/mol. The van der Waals surface area contributed by atoms with Gasteiger partial charge in [-0.3, -0.25) is 14.3 Å². The van der Waals surface area contributed by atoms with Crippen LogP contribution in [0.2, 0.25) is 0 Å². The molecular formula is C48H70N2O11S. The summed E-state index contributed by atoms with van der Waals surface area (Å²) in [6, 6.07) is 13.1. The molecule has 0 fully saturated rings. The highest BCUT2D eigenvalue weighted by Gasteiger charge is 2.38. The normalized spacial score (nSPS) is 13.0. The number of carbonyl (C=O) groups excluding carboxylic acids is 3. The summed E-state index contributed by atoms with van der Waals surface area (Å²) in [6.07, 6.45) is 10.7. The molecule has 2 atom stereocenters. The lowest BCUT2D eigenvalue weighted by Gasteiger charge is -2.26. The SMILES string of the molecule is CCCCCCCCCCCCC(COC(=O)c1ccc(NC(=O)C(Oc2ccc(O)cc2NS(C)(=O)=O)C(=O)C(C)(C)C)c(OC(C)C)c1)Oc1ccc(O)c(C(C)(C)C)c1. The quantitative estimate of drug-likeness (QED) is 0.0360. The van der Waals surface area contributed by atoms with Gasteiger partial charge >= 0.3 is 5.97 Å². The molecule has 14 heteroatoms. The number of amides is 1. The minimum atomic E-state index is -3.84. The van der Waals surface area contributed by atoms with Crippen LogP contribution in [-0.2, 0) is 29.8 Å². The van der Waals surface area contributed by atoms with Gasteiger partial charge in [-0.2, -0.15) is 0 Å². The molecule has 0 heterocycles. The standard InChI is InChI=1S/C48H70N2O11S/c1-11-12-13-14-15-16-17-18-19-20-21-36(60-35-24-26-40(52)37(30-35)47(4,5)6)31-58-46(55)33-22-25-38(42(28-33)59-32(2)3)49-45(54)43(44(53)48(7,8)9)61-41-27-23-34(51)29-39(41)50-62(10,56)57/h22-30,32,36,43,50-52H,11-21,31H2,1-10H3,(H,49,54). The van der Waals surface area contributed by atoms with E-state index in [2.05, 4.69) is 17.0 Å². The van der Waals surface area contributed by atoms with Gasteiger partial charge in [0.15, 0.2) is 5.78 Å². The third-order valence-electron chi connectivity index (χ3n) is 9.92. The number of unbranched alkanes of at least 4 members (excludes halogenated alkanes) is 9. The number of phenols is 2. The van der Waals surface area contributed by atoms with Crippen molar-refractivity contribution < 1.29 is 52.0 Å². The second-order valence-corrected chi connectivity index (χ2v) is 20.0. The van der Waals surface area contributed by atoms with Gasteiger partial charge in [0.25, 0.3) is 5.91 Å². The number of Topliss-reactive ketones (excluding diaryl/α,β-unsaturated/α-hetero) is 1. The number of hydrogen-bond acceptors (Lipinski definition) is 11. The minimum absolute atomic E-state index is 0.0395. The predicted octanol–water partition coefficient (Wildman–Crippen LogP) is 10.5. The molecule has 3 rings (SSSR count). The number of rotatable bonds is 25. The van der Waals surface area contributed by atoms with Crippen LogP contribution < -0.4 is 24.2 Å². The highest BCUT2D eigenvalue weighted by Crippen LogP contribution is 2.35. The predicted molar refractivity (Wildman–Crippen MR) is 244 cm³/mol. The van der Waals surface area contributed by atoms with Crippen LogP contribution in [0.15, 0.2) is 54.6 Å².